The molecule has 0 heterocycles. The van der Waals surface area contributed by atoms with Crippen molar-refractivity contribution in [1.29, 1.82) is 0 Å². The zero-order chi connectivity index (χ0) is 13.0. The average molecular weight is 234 g/mol. The van der Waals surface area contributed by atoms with Crippen LogP contribution in [0.1, 0.15) is 29.3 Å². The van der Waals surface area contributed by atoms with Gasteiger partial charge in [0.1, 0.15) is 5.82 Å². The summed E-state index contributed by atoms with van der Waals surface area (Å²) in [7, 11) is 0. The first-order chi connectivity index (χ1) is 7.95. The predicted octanol–water partition coefficient (Wildman–Crippen LogP) is 1.86. The molecule has 1 amide bonds. The van der Waals surface area contributed by atoms with Crippen molar-refractivity contribution in [2.45, 2.75) is 26.3 Å². The Hall–Kier alpha value is -2.02. The minimum atomic E-state index is -0.486. The Labute approximate surface area is 100 Å². The largest absolute Gasteiger partial charge is 0.398 e. The highest BCUT2D eigenvalue weighted by molar-refractivity contribution is 5.95. The van der Waals surface area contributed by atoms with E-state index >= 15 is 0 Å². The van der Waals surface area contributed by atoms with Crippen molar-refractivity contribution in [3.63, 3.8) is 0 Å². The molecule has 3 nitrogen and oxygen atoms in total. The molecule has 1 rings (SSSR count). The normalized spacial score (nSPS) is 11.6. The number of terminal acetylenes is 1. The van der Waals surface area contributed by atoms with Crippen LogP contribution in [0.3, 0.4) is 0 Å². The van der Waals surface area contributed by atoms with Gasteiger partial charge in [-0.25, -0.2) is 4.39 Å². The van der Waals surface area contributed by atoms with Gasteiger partial charge in [-0.3, -0.25) is 4.79 Å². The molecule has 0 aliphatic heterocycles. The number of amides is 1. The van der Waals surface area contributed by atoms with E-state index in [0.29, 0.717) is 12.0 Å². The van der Waals surface area contributed by atoms with Gasteiger partial charge in [0.05, 0.1) is 0 Å². The topological polar surface area (TPSA) is 55.1 Å². The summed E-state index contributed by atoms with van der Waals surface area (Å²) in [5.41, 5.74) is 6.41. The number of hydrogen-bond acceptors (Lipinski definition) is 2. The Bertz CT molecular complexity index is 454. The lowest BCUT2D eigenvalue weighted by Gasteiger charge is -2.12. The van der Waals surface area contributed by atoms with Crippen LogP contribution in [-0.2, 0) is 0 Å². The van der Waals surface area contributed by atoms with Gasteiger partial charge >= 0.3 is 0 Å². The Morgan fingerprint density at radius 3 is 2.82 bits per heavy atom. The molecular weight excluding hydrogens is 219 g/mol. The second-order valence-corrected chi connectivity index (χ2v) is 3.96. The van der Waals surface area contributed by atoms with Crippen LogP contribution in [0.5, 0.6) is 0 Å². The van der Waals surface area contributed by atoms with E-state index < -0.39 is 5.82 Å². The van der Waals surface area contributed by atoms with Crippen molar-refractivity contribution in [2.75, 3.05) is 5.73 Å². The Morgan fingerprint density at radius 2 is 2.29 bits per heavy atom. The summed E-state index contributed by atoms with van der Waals surface area (Å²) in [4.78, 5) is 11.7. The van der Waals surface area contributed by atoms with Gasteiger partial charge < -0.3 is 11.1 Å². The third kappa shape index (κ3) is 3.22. The van der Waals surface area contributed by atoms with E-state index in [2.05, 4.69) is 11.2 Å². The number of nitrogen functional groups attached to an aromatic ring is 1. The molecule has 17 heavy (non-hydrogen) atoms. The van der Waals surface area contributed by atoms with Crippen molar-refractivity contribution in [3.8, 4) is 12.3 Å². The van der Waals surface area contributed by atoms with Gasteiger partial charge in [0.15, 0.2) is 0 Å². The third-order valence-electron chi connectivity index (χ3n) is 2.45. The van der Waals surface area contributed by atoms with Gasteiger partial charge in [0.2, 0.25) is 0 Å². The van der Waals surface area contributed by atoms with Gasteiger partial charge in [-0.05, 0) is 26.0 Å². The van der Waals surface area contributed by atoms with E-state index in [4.69, 9.17) is 12.2 Å². The highest BCUT2D eigenvalue weighted by Crippen LogP contribution is 2.17. The highest BCUT2D eigenvalue weighted by Gasteiger charge is 2.12. The highest BCUT2D eigenvalue weighted by atomic mass is 19.1. The second-order valence-electron chi connectivity index (χ2n) is 3.96. The zero-order valence-corrected chi connectivity index (χ0v) is 9.88. The van der Waals surface area contributed by atoms with Crippen molar-refractivity contribution < 1.29 is 9.18 Å². The van der Waals surface area contributed by atoms with Gasteiger partial charge in [-0.15, -0.1) is 12.3 Å². The first-order valence-electron chi connectivity index (χ1n) is 5.25. The molecule has 1 atom stereocenters. The number of benzene rings is 1. The number of nitrogens with one attached hydrogen (secondary N) is 1. The molecule has 1 aromatic rings. The molecule has 0 saturated carbocycles. The summed E-state index contributed by atoms with van der Waals surface area (Å²) < 4.78 is 13.4. The number of anilines is 1. The molecule has 1 aromatic carbocycles. The molecule has 0 aliphatic rings. The molecule has 0 aliphatic carbocycles. The molecule has 0 spiro atoms. The third-order valence-corrected chi connectivity index (χ3v) is 2.45. The van der Waals surface area contributed by atoms with Crippen molar-refractivity contribution >= 4 is 11.6 Å². The first-order valence-corrected chi connectivity index (χ1v) is 5.25. The summed E-state index contributed by atoms with van der Waals surface area (Å²) in [5.74, 6) is 1.58. The van der Waals surface area contributed by atoms with E-state index in [1.807, 2.05) is 0 Å². The monoisotopic (exact) mass is 234 g/mol. The SMILES string of the molecule is C#CCC(C)NC(=O)c1cc(N)c(C)c(F)c1. The summed E-state index contributed by atoms with van der Waals surface area (Å²) in [5, 5.41) is 2.67. The minimum Gasteiger partial charge on any atom is -0.398 e. The minimum absolute atomic E-state index is 0.155. The molecule has 1 unspecified atom stereocenters. The van der Waals surface area contributed by atoms with Crippen LogP contribution < -0.4 is 11.1 Å². The molecular formula is C13H15FN2O. The predicted molar refractivity (Wildman–Crippen MR) is 65.9 cm³/mol. The molecule has 4 heteroatoms. The Balaban J connectivity index is 2.87. The fourth-order valence-corrected chi connectivity index (χ4v) is 1.37. The van der Waals surface area contributed by atoms with Crippen molar-refractivity contribution in [2.24, 2.45) is 0 Å². The van der Waals surface area contributed by atoms with Crippen LogP contribution in [0.4, 0.5) is 10.1 Å². The molecule has 0 aromatic heterocycles. The van der Waals surface area contributed by atoms with Crippen molar-refractivity contribution in [3.05, 3.63) is 29.1 Å². The number of halogens is 1. The molecule has 0 radical (unpaired) electrons. The van der Waals surface area contributed by atoms with Gasteiger partial charge in [0, 0.05) is 29.3 Å². The standard InChI is InChI=1S/C13H15FN2O/c1-4-5-8(2)16-13(17)10-6-11(14)9(3)12(15)7-10/h1,6-8H,5,15H2,2-3H3,(H,16,17). The maximum atomic E-state index is 13.4. The van der Waals surface area contributed by atoms with Gasteiger partial charge in [-0.1, -0.05) is 0 Å². The molecule has 0 fully saturated rings. The smallest absolute Gasteiger partial charge is 0.251 e. The van der Waals surface area contributed by atoms with Crippen LogP contribution in [0.15, 0.2) is 12.1 Å². The number of carbonyl (C=O) groups is 1. The van der Waals surface area contributed by atoms with Crippen LogP contribution in [0.2, 0.25) is 0 Å². The Kier molecular flexibility index (Phi) is 4.11. The average Bonchev–Trinajstić information content (AvgIpc) is 2.25. The molecule has 0 saturated heterocycles. The number of hydrogen-bond donors (Lipinski definition) is 2. The van der Waals surface area contributed by atoms with E-state index in [9.17, 15) is 9.18 Å². The van der Waals surface area contributed by atoms with Crippen LogP contribution in [0, 0.1) is 25.1 Å². The van der Waals surface area contributed by atoms with Crippen LogP contribution in [-0.4, -0.2) is 11.9 Å². The fourth-order valence-electron chi connectivity index (χ4n) is 1.37. The lowest BCUT2D eigenvalue weighted by molar-refractivity contribution is 0.0940. The van der Waals surface area contributed by atoms with Gasteiger partial charge in [-0.2, -0.15) is 0 Å². The number of rotatable bonds is 3. The lowest BCUT2D eigenvalue weighted by atomic mass is 10.1. The quantitative estimate of drug-likeness (QED) is 0.619. The molecule has 0 bridgehead atoms. The van der Waals surface area contributed by atoms with Gasteiger partial charge in [0.25, 0.3) is 5.91 Å². The molecule has 90 valence electrons. The lowest BCUT2D eigenvalue weighted by Crippen LogP contribution is -2.32. The van der Waals surface area contributed by atoms with E-state index in [1.54, 1.807) is 13.8 Å². The van der Waals surface area contributed by atoms with E-state index in [-0.39, 0.29) is 23.2 Å². The van der Waals surface area contributed by atoms with E-state index in [0.717, 1.165) is 0 Å². The first kappa shape index (κ1) is 13.0. The number of carbonyl (C=O) groups excluding carboxylic acids is 1. The summed E-state index contributed by atoms with van der Waals surface area (Å²) in [6.45, 7) is 3.35. The number of nitrogens with two attached hydrogens (primary N) is 1. The Morgan fingerprint density at radius 1 is 1.65 bits per heavy atom. The summed E-state index contributed by atoms with van der Waals surface area (Å²) in [6, 6.07) is 2.47. The maximum Gasteiger partial charge on any atom is 0.251 e. The second kappa shape index (κ2) is 5.35. The zero-order valence-electron chi connectivity index (χ0n) is 9.88. The van der Waals surface area contributed by atoms with Crippen LogP contribution in [0.25, 0.3) is 0 Å². The van der Waals surface area contributed by atoms with Crippen LogP contribution >= 0.6 is 0 Å². The fraction of sp³-hybridized carbons (Fsp3) is 0.308. The summed E-state index contributed by atoms with van der Waals surface area (Å²) >= 11 is 0. The maximum absolute atomic E-state index is 13.4. The van der Waals surface area contributed by atoms with Crippen molar-refractivity contribution in [1.82, 2.24) is 5.32 Å². The van der Waals surface area contributed by atoms with E-state index in [1.165, 1.54) is 12.1 Å². The molecule has 3 N–H and O–H groups in total. The summed E-state index contributed by atoms with van der Waals surface area (Å²) in [6.07, 6.45) is 5.56.